The third kappa shape index (κ3) is 16.1. The number of hydrogen-bond donors (Lipinski definition) is 0. The monoisotopic (exact) mass is 1110 g/mol. The van der Waals surface area contributed by atoms with Crippen molar-refractivity contribution in [2.45, 2.75) is 104 Å². The highest BCUT2D eigenvalue weighted by Gasteiger charge is 2.51. The van der Waals surface area contributed by atoms with Gasteiger partial charge in [0.05, 0.1) is 23.6 Å². The second-order valence-corrected chi connectivity index (χ2v) is 35.1. The van der Waals surface area contributed by atoms with E-state index in [2.05, 4.69) is 187 Å². The Hall–Kier alpha value is -4.24. The largest absolute Gasteiger partial charge is 0.494 e. The lowest BCUT2D eigenvalue weighted by Crippen LogP contribution is -2.46. The third-order valence-corrected chi connectivity index (χ3v) is 18.3. The summed E-state index contributed by atoms with van der Waals surface area (Å²) in [5, 5.41) is 8.67. The van der Waals surface area contributed by atoms with Crippen molar-refractivity contribution in [1.82, 2.24) is 29.0 Å². The van der Waals surface area contributed by atoms with E-state index in [4.69, 9.17) is 28.3 Å². The van der Waals surface area contributed by atoms with Gasteiger partial charge in [-0.2, -0.15) is 10.2 Å². The summed E-state index contributed by atoms with van der Waals surface area (Å²) < 4.78 is 39.7. The minimum Gasteiger partial charge on any atom is -0.465 e. The zero-order valence-electron chi connectivity index (χ0n) is 46.5. The number of anilines is 2. The average molecular weight is 1110 g/mol. The zero-order valence-corrected chi connectivity index (χ0v) is 50.1. The minimum atomic E-state index is -1.08. The predicted octanol–water partition coefficient (Wildman–Crippen LogP) is 10.7. The number of rotatable bonds is 18. The molecule has 3 saturated heterocycles. The van der Waals surface area contributed by atoms with Crippen molar-refractivity contribution in [3.63, 3.8) is 0 Å². The van der Waals surface area contributed by atoms with Gasteiger partial charge in [-0.3, -0.25) is 0 Å². The molecule has 0 spiro atoms. The summed E-state index contributed by atoms with van der Waals surface area (Å²) in [5.41, 5.74) is 7.32. The Morgan fingerprint density at radius 3 is 1.45 bits per heavy atom. The summed E-state index contributed by atoms with van der Waals surface area (Å²) in [6, 6.07) is 27.7. The summed E-state index contributed by atoms with van der Waals surface area (Å²) in [7, 11) is -2.38. The number of piperazine rings is 2. The smallest absolute Gasteiger partial charge is 0.465 e. The molecule has 0 bridgehead atoms. The Morgan fingerprint density at radius 2 is 1.00 bits per heavy atom. The van der Waals surface area contributed by atoms with E-state index in [1.165, 1.54) is 16.9 Å². The van der Waals surface area contributed by atoms with Crippen LogP contribution in [0.4, 0.5) is 11.4 Å². The van der Waals surface area contributed by atoms with Gasteiger partial charge in [-0.15, -0.1) is 0 Å². The van der Waals surface area contributed by atoms with Crippen molar-refractivity contribution in [2.24, 2.45) is 0 Å². The first-order valence-electron chi connectivity index (χ1n) is 26.7. The molecule has 3 fully saturated rings. The van der Waals surface area contributed by atoms with Gasteiger partial charge < -0.3 is 47.9 Å². The van der Waals surface area contributed by atoms with Crippen LogP contribution in [0.5, 0.6) is 11.5 Å². The molecule has 0 atom stereocenters. The maximum atomic E-state index is 6.12. The van der Waals surface area contributed by atoms with Gasteiger partial charge in [-0.1, -0.05) is 77.4 Å². The molecule has 0 radical (unpaired) electrons. The number of likely N-dealkylation sites (N-methyl/N-ethyl adjacent to an activating group) is 2. The molecule has 0 N–H and O–H groups in total. The van der Waals surface area contributed by atoms with E-state index in [-0.39, 0.29) is 31.9 Å². The van der Waals surface area contributed by atoms with Crippen LogP contribution in [0.15, 0.2) is 102 Å². The zero-order chi connectivity index (χ0) is 53.1. The molecule has 14 nitrogen and oxygen atoms in total. The molecule has 6 aromatic rings. The average Bonchev–Trinajstić information content (AvgIpc) is 4.06. The van der Waals surface area contributed by atoms with Crippen LogP contribution in [0.25, 0.3) is 22.2 Å². The van der Waals surface area contributed by atoms with Crippen molar-refractivity contribution < 1.29 is 28.3 Å². The molecule has 4 aromatic heterocycles. The fourth-order valence-electron chi connectivity index (χ4n) is 8.77. The second kappa shape index (κ2) is 25.7. The third-order valence-electron chi connectivity index (χ3n) is 14.5. The second-order valence-electron chi connectivity index (χ2n) is 23.0. The van der Waals surface area contributed by atoms with E-state index >= 15 is 0 Å². The molecule has 0 aliphatic carbocycles. The highest BCUT2D eigenvalue weighted by Crippen LogP contribution is 2.37. The van der Waals surface area contributed by atoms with Crippen LogP contribution < -0.4 is 24.7 Å². The van der Waals surface area contributed by atoms with Crippen LogP contribution in [0, 0.1) is 0 Å². The molecular weight excluding hydrogens is 1030 g/mol. The lowest BCUT2D eigenvalue weighted by molar-refractivity contribution is 0.00578. The molecule has 2 aromatic carbocycles. The summed E-state index contributed by atoms with van der Waals surface area (Å²) in [5.74, 6) is 1.58. The first kappa shape index (κ1) is 57.5. The molecule has 402 valence electrons. The normalized spacial score (nSPS) is 17.3. The molecule has 18 heteroatoms. The van der Waals surface area contributed by atoms with Gasteiger partial charge in [-0.25, -0.2) is 9.03 Å². The van der Waals surface area contributed by atoms with E-state index in [9.17, 15) is 0 Å². The molecular formula is C56H84BBrN8O6Si2. The van der Waals surface area contributed by atoms with E-state index in [0.717, 1.165) is 129 Å². The van der Waals surface area contributed by atoms with Gasteiger partial charge in [0.2, 0.25) is 0 Å². The quantitative estimate of drug-likeness (QED) is 0.0465. The van der Waals surface area contributed by atoms with Crippen molar-refractivity contribution in [3.8, 4) is 22.6 Å². The molecule has 9 rings (SSSR count). The van der Waals surface area contributed by atoms with Crippen molar-refractivity contribution in [2.75, 3.05) is 102 Å². The number of fused-ring (bicyclic) bond motifs is 2. The summed E-state index contributed by atoms with van der Waals surface area (Å²) in [6.45, 7) is 40.2. The Kier molecular flexibility index (Phi) is 20.0. The maximum absolute atomic E-state index is 6.12. The molecule has 3 aliphatic rings. The number of aromatic nitrogens is 4. The Bertz CT molecular complexity index is 2640. The first-order chi connectivity index (χ1) is 35.2. The van der Waals surface area contributed by atoms with Crippen LogP contribution >= 0.6 is 15.9 Å². The fourth-order valence-corrected chi connectivity index (χ4v) is 10.7. The van der Waals surface area contributed by atoms with Crippen LogP contribution in [0.1, 0.15) is 41.5 Å². The summed E-state index contributed by atoms with van der Waals surface area (Å²) in [6.07, 6.45) is 7.45. The number of nitrogens with zero attached hydrogens (tertiary/aromatic N) is 8. The van der Waals surface area contributed by atoms with Crippen molar-refractivity contribution in [3.05, 3.63) is 102 Å². The SMILES string of the molecule is CCN1CCN(c2ccc(-c3cc4c(OCOCC[Si](C)(C)C)ccnn4c3)cc2)CC1.CCN1CCN(c2ccc(B3OC(C)(C)C(C)(C)O3)cc2)CC1.C[Si](C)(C)CCOCOc1ccnn2cc(Br)cc12. The van der Waals surface area contributed by atoms with Gasteiger partial charge in [0, 0.05) is 128 Å². The van der Waals surface area contributed by atoms with Gasteiger partial charge in [-0.05, 0) is 116 Å². The van der Waals surface area contributed by atoms with Gasteiger partial charge in [0.1, 0.15) is 22.5 Å². The fraction of sp³-hybridized carbons (Fsp3) is 0.536. The van der Waals surface area contributed by atoms with Gasteiger partial charge in [0.25, 0.3) is 0 Å². The lowest BCUT2D eigenvalue weighted by Gasteiger charge is -2.35. The van der Waals surface area contributed by atoms with E-state index in [0.29, 0.717) is 0 Å². The topological polar surface area (TPSA) is 103 Å². The maximum Gasteiger partial charge on any atom is 0.494 e. The summed E-state index contributed by atoms with van der Waals surface area (Å²) in [4.78, 5) is 9.93. The van der Waals surface area contributed by atoms with E-state index in [1.54, 1.807) is 16.9 Å². The Balaban J connectivity index is 0.000000169. The molecule has 0 unspecified atom stereocenters. The molecule has 7 heterocycles. The standard InChI is InChI=1S/C25H36N4O2Si.C18H29BN2O2.C13H19BrN2O2Si/c1-5-27-12-14-28(15-13-27)23-8-6-21(7-9-23)22-18-24-25(10-11-26-29(24)19-22)31-20-30-16-17-32(2,3)4;1-6-20-11-13-21(14-12-20)16-9-7-15(8-10-16)19-22-17(2,3)18(4,5)23-19;1-19(2,3)7-6-17-10-18-13-4-5-15-16-9-11(14)8-12(13)16/h6-11,18-19H,5,12-17,20H2,1-4H3;7-10H,6,11-14H2,1-5H3;4-5,8-9H,6-7,10H2,1-3H3. The molecule has 0 saturated carbocycles. The van der Waals surface area contributed by atoms with Crippen LogP contribution in [0.2, 0.25) is 51.4 Å². The first-order valence-corrected chi connectivity index (χ1v) is 34.9. The van der Waals surface area contributed by atoms with Crippen LogP contribution in [-0.2, 0) is 18.8 Å². The molecule has 0 amide bonds. The highest BCUT2D eigenvalue weighted by molar-refractivity contribution is 9.10. The summed E-state index contributed by atoms with van der Waals surface area (Å²) >= 11 is 3.43. The minimum absolute atomic E-state index is 0.269. The Morgan fingerprint density at radius 1 is 0.568 bits per heavy atom. The number of ether oxygens (including phenoxy) is 4. The van der Waals surface area contributed by atoms with Crippen LogP contribution in [-0.4, -0.2) is 156 Å². The molecule has 3 aliphatic heterocycles. The molecule has 74 heavy (non-hydrogen) atoms. The predicted molar refractivity (Wildman–Crippen MR) is 314 cm³/mol. The van der Waals surface area contributed by atoms with E-state index < -0.39 is 16.1 Å². The number of halogens is 1. The van der Waals surface area contributed by atoms with Crippen molar-refractivity contribution in [1.29, 1.82) is 0 Å². The van der Waals surface area contributed by atoms with E-state index in [1.807, 2.05) is 28.9 Å². The van der Waals surface area contributed by atoms with Crippen molar-refractivity contribution >= 4 is 67.1 Å². The highest BCUT2D eigenvalue weighted by atomic mass is 79.9. The van der Waals surface area contributed by atoms with Crippen LogP contribution in [0.3, 0.4) is 0 Å². The van der Waals surface area contributed by atoms with Gasteiger partial charge in [0.15, 0.2) is 13.6 Å². The van der Waals surface area contributed by atoms with Gasteiger partial charge >= 0.3 is 7.12 Å². The lowest BCUT2D eigenvalue weighted by atomic mass is 9.79. The Labute approximate surface area is 452 Å². The number of hydrogen-bond acceptors (Lipinski definition) is 12. The number of benzene rings is 2.